The number of hydrogen-bond acceptors (Lipinski definition) is 7. The molecule has 1 aliphatic carbocycles. The van der Waals surface area contributed by atoms with Crippen LogP contribution in [0.15, 0.2) is 29.3 Å². The van der Waals surface area contributed by atoms with Gasteiger partial charge in [0.05, 0.1) is 17.9 Å². The summed E-state index contributed by atoms with van der Waals surface area (Å²) in [6.45, 7) is 3.14. The number of nitrogens with zero attached hydrogens (tertiary/aromatic N) is 4. The molecule has 198 valence electrons. The first kappa shape index (κ1) is 24.6. The molecular formula is C27H33F3N6O. The molecule has 37 heavy (non-hydrogen) atoms. The zero-order valence-electron chi connectivity index (χ0n) is 20.9. The van der Waals surface area contributed by atoms with Gasteiger partial charge in [-0.25, -0.2) is 0 Å². The summed E-state index contributed by atoms with van der Waals surface area (Å²) in [7, 11) is 1.61. The lowest BCUT2D eigenvalue weighted by Gasteiger charge is -2.26. The Hall–Kier alpha value is -2.72. The summed E-state index contributed by atoms with van der Waals surface area (Å²) in [5, 5.41) is 11.3. The molecule has 6 atom stereocenters. The van der Waals surface area contributed by atoms with Gasteiger partial charge >= 0.3 is 6.18 Å². The molecule has 4 aliphatic rings. The first-order valence-corrected chi connectivity index (χ1v) is 13.2. The monoisotopic (exact) mass is 514 g/mol. The van der Waals surface area contributed by atoms with Crippen molar-refractivity contribution in [2.75, 3.05) is 37.7 Å². The van der Waals surface area contributed by atoms with E-state index in [1.165, 1.54) is 19.3 Å². The van der Waals surface area contributed by atoms with Gasteiger partial charge in [0.25, 0.3) is 0 Å². The van der Waals surface area contributed by atoms with Crippen LogP contribution in [-0.4, -0.2) is 66.2 Å². The van der Waals surface area contributed by atoms with Gasteiger partial charge in [0.2, 0.25) is 0 Å². The van der Waals surface area contributed by atoms with Crippen molar-refractivity contribution >= 4 is 17.7 Å². The van der Waals surface area contributed by atoms with Gasteiger partial charge in [-0.15, -0.1) is 10.2 Å². The lowest BCUT2D eigenvalue weighted by Crippen LogP contribution is -2.34. The van der Waals surface area contributed by atoms with Gasteiger partial charge in [-0.3, -0.25) is 4.99 Å². The van der Waals surface area contributed by atoms with Crippen LogP contribution in [0.5, 0.6) is 0 Å². The number of rotatable bonds is 6. The number of ether oxygens (including phenoxy) is 1. The lowest BCUT2D eigenvalue weighted by atomic mass is 9.89. The maximum atomic E-state index is 14.1. The third kappa shape index (κ3) is 4.93. The molecular weight excluding hydrogens is 481 g/mol. The Kier molecular flexibility index (Phi) is 6.35. The molecule has 3 unspecified atom stereocenters. The van der Waals surface area contributed by atoms with Gasteiger partial charge in [-0.05, 0) is 62.1 Å². The van der Waals surface area contributed by atoms with E-state index in [2.05, 4.69) is 25.4 Å². The number of nitrogens with one attached hydrogen (secondary N) is 1. The Labute approximate surface area is 214 Å². The quantitative estimate of drug-likeness (QED) is 0.437. The van der Waals surface area contributed by atoms with Crippen molar-refractivity contribution < 1.29 is 17.9 Å². The maximum absolute atomic E-state index is 14.1. The number of aromatic nitrogens is 2. The van der Waals surface area contributed by atoms with E-state index < -0.39 is 11.7 Å². The van der Waals surface area contributed by atoms with E-state index in [1.807, 2.05) is 0 Å². The van der Waals surface area contributed by atoms with E-state index >= 15 is 0 Å². The normalized spacial score (nSPS) is 31.5. The van der Waals surface area contributed by atoms with Crippen LogP contribution < -0.4 is 11.1 Å². The van der Waals surface area contributed by atoms with E-state index in [1.54, 1.807) is 31.5 Å². The molecule has 1 aromatic heterocycles. The topological polar surface area (TPSA) is 88.7 Å². The highest BCUT2D eigenvalue weighted by Gasteiger charge is 2.46. The maximum Gasteiger partial charge on any atom is 0.420 e. The summed E-state index contributed by atoms with van der Waals surface area (Å²) in [5.41, 5.74) is 6.91. The third-order valence-electron chi connectivity index (χ3n) is 8.64. The van der Waals surface area contributed by atoms with Crippen LogP contribution in [0, 0.1) is 17.8 Å². The van der Waals surface area contributed by atoms with Crippen LogP contribution in [0.4, 0.5) is 24.7 Å². The zero-order chi connectivity index (χ0) is 25.7. The van der Waals surface area contributed by atoms with Gasteiger partial charge in [-0.1, -0.05) is 6.07 Å². The zero-order valence-corrected chi connectivity index (χ0v) is 20.9. The molecule has 0 amide bonds. The highest BCUT2D eigenvalue weighted by Crippen LogP contribution is 2.44. The highest BCUT2D eigenvalue weighted by atomic mass is 19.4. The summed E-state index contributed by atoms with van der Waals surface area (Å²) < 4.78 is 48.2. The second-order valence-corrected chi connectivity index (χ2v) is 11.1. The van der Waals surface area contributed by atoms with Crippen LogP contribution in [0.2, 0.25) is 0 Å². The van der Waals surface area contributed by atoms with Crippen molar-refractivity contribution in [1.82, 2.24) is 15.1 Å². The summed E-state index contributed by atoms with van der Waals surface area (Å²) in [6.07, 6.45) is 3.20. The second-order valence-electron chi connectivity index (χ2n) is 11.1. The molecule has 4 heterocycles. The first-order valence-electron chi connectivity index (χ1n) is 13.2. The predicted molar refractivity (Wildman–Crippen MR) is 136 cm³/mol. The molecule has 10 heteroatoms. The van der Waals surface area contributed by atoms with E-state index in [-0.39, 0.29) is 17.6 Å². The molecule has 2 bridgehead atoms. The summed E-state index contributed by atoms with van der Waals surface area (Å²) in [6, 6.07) is 5.99. The number of aliphatic imine (C=N–C) groups is 1. The fourth-order valence-corrected chi connectivity index (χ4v) is 6.96. The average Bonchev–Trinajstić information content (AvgIpc) is 3.62. The van der Waals surface area contributed by atoms with Crippen LogP contribution in [-0.2, 0) is 10.9 Å². The van der Waals surface area contributed by atoms with Gasteiger partial charge in [0.15, 0.2) is 5.82 Å². The minimum Gasteiger partial charge on any atom is -0.398 e. The number of likely N-dealkylation sites (tertiary alicyclic amines) is 1. The molecule has 0 radical (unpaired) electrons. The minimum atomic E-state index is -4.55. The number of alkyl halides is 3. The molecule has 0 spiro atoms. The number of anilines is 2. The SMILES string of the molecule is CN=Cc1cc(-c2cc(C(F)(F)F)c(NC3C[C@@H]4CN(C[C@@H]5CC6CCC5O6)C[C@@H]4C3)nn2)ccc1N. The van der Waals surface area contributed by atoms with E-state index in [4.69, 9.17) is 10.5 Å². The summed E-state index contributed by atoms with van der Waals surface area (Å²) in [5.74, 6) is 1.46. The predicted octanol–water partition coefficient (Wildman–Crippen LogP) is 4.48. The molecule has 3 N–H and O–H groups in total. The molecule has 1 aromatic carbocycles. The van der Waals surface area contributed by atoms with E-state index in [0.29, 0.717) is 46.8 Å². The van der Waals surface area contributed by atoms with Crippen molar-refractivity contribution in [2.24, 2.45) is 22.7 Å². The Morgan fingerprint density at radius 3 is 2.57 bits per heavy atom. The molecule has 2 aromatic rings. The molecule has 3 saturated heterocycles. The standard InChI is InChI=1S/C27H33F3N6O/c1-32-11-16-6-15(2-4-23(16)31)24-10-22(27(28,29)30)26(35-34-24)33-20-7-17-12-36(13-18(17)8-20)14-19-9-21-3-5-25(19)37-21/h2,4,6,10-11,17-21,25H,3,5,7-9,12-14,31H2,1H3,(H,33,35)/t17-,18+,19-,20?,21?,25?/m0/s1. The highest BCUT2D eigenvalue weighted by molar-refractivity contribution is 5.89. The first-order chi connectivity index (χ1) is 17.8. The number of halogens is 3. The van der Waals surface area contributed by atoms with Crippen LogP contribution >= 0.6 is 0 Å². The fraction of sp³-hybridized carbons (Fsp3) is 0.593. The lowest BCUT2D eigenvalue weighted by molar-refractivity contribution is -0.137. The number of benzene rings is 1. The van der Waals surface area contributed by atoms with E-state index in [0.717, 1.165) is 38.5 Å². The minimum absolute atomic E-state index is 0.0341. The Morgan fingerprint density at radius 2 is 1.92 bits per heavy atom. The van der Waals surface area contributed by atoms with Crippen LogP contribution in [0.3, 0.4) is 0 Å². The third-order valence-corrected chi connectivity index (χ3v) is 8.64. The Bertz CT molecular complexity index is 1170. The number of hydrogen-bond donors (Lipinski definition) is 2. The molecule has 4 fully saturated rings. The smallest absolute Gasteiger partial charge is 0.398 e. The Balaban J connectivity index is 1.13. The molecule has 6 rings (SSSR count). The van der Waals surface area contributed by atoms with Gasteiger partial charge in [0, 0.05) is 61.7 Å². The molecule has 3 aliphatic heterocycles. The Morgan fingerprint density at radius 1 is 1.14 bits per heavy atom. The van der Waals surface area contributed by atoms with Crippen molar-refractivity contribution in [2.45, 2.75) is 56.5 Å². The average molecular weight is 515 g/mol. The van der Waals surface area contributed by atoms with Crippen LogP contribution in [0.25, 0.3) is 11.3 Å². The van der Waals surface area contributed by atoms with Crippen molar-refractivity contribution in [1.29, 1.82) is 0 Å². The van der Waals surface area contributed by atoms with Gasteiger partial charge in [0.1, 0.15) is 5.56 Å². The van der Waals surface area contributed by atoms with Crippen molar-refractivity contribution in [3.8, 4) is 11.3 Å². The molecule has 7 nitrogen and oxygen atoms in total. The number of nitrogens with two attached hydrogens (primary N) is 1. The summed E-state index contributed by atoms with van der Waals surface area (Å²) >= 11 is 0. The van der Waals surface area contributed by atoms with E-state index in [9.17, 15) is 13.2 Å². The van der Waals surface area contributed by atoms with Gasteiger partial charge < -0.3 is 20.7 Å². The largest absolute Gasteiger partial charge is 0.420 e. The van der Waals surface area contributed by atoms with Crippen molar-refractivity contribution in [3.05, 3.63) is 35.4 Å². The number of nitrogen functional groups attached to an aromatic ring is 1. The summed E-state index contributed by atoms with van der Waals surface area (Å²) in [4.78, 5) is 6.51. The fourth-order valence-electron chi connectivity index (χ4n) is 6.96. The van der Waals surface area contributed by atoms with Crippen molar-refractivity contribution in [3.63, 3.8) is 0 Å². The molecule has 1 saturated carbocycles. The number of fused-ring (bicyclic) bond motifs is 3. The second kappa shape index (κ2) is 9.54. The van der Waals surface area contributed by atoms with Crippen LogP contribution in [0.1, 0.15) is 43.2 Å². The van der Waals surface area contributed by atoms with Gasteiger partial charge in [-0.2, -0.15) is 13.2 Å².